The van der Waals surface area contributed by atoms with E-state index in [-0.39, 0.29) is 12.6 Å². The average molecular weight is 270 g/mol. The number of hydrogen-bond donors (Lipinski definition) is 1. The van der Waals surface area contributed by atoms with Gasteiger partial charge >= 0.3 is 5.97 Å². The highest BCUT2D eigenvalue weighted by Crippen LogP contribution is 2.15. The van der Waals surface area contributed by atoms with Crippen LogP contribution >= 0.6 is 11.6 Å². The van der Waals surface area contributed by atoms with Crippen LogP contribution in [-0.4, -0.2) is 18.6 Å². The van der Waals surface area contributed by atoms with Crippen molar-refractivity contribution in [2.45, 2.75) is 39.3 Å². The Morgan fingerprint density at radius 1 is 1.39 bits per heavy atom. The Kier molecular flexibility index (Phi) is 6.76. The molecule has 0 saturated heterocycles. The fraction of sp³-hybridized carbons (Fsp3) is 0.500. The number of carbonyl (C=O) groups excluding carboxylic acids is 1. The molecule has 1 aromatic rings. The van der Waals surface area contributed by atoms with Gasteiger partial charge in [-0.3, -0.25) is 4.79 Å². The molecular formula is C14H20ClNO2. The summed E-state index contributed by atoms with van der Waals surface area (Å²) in [6, 6.07) is 7.82. The van der Waals surface area contributed by atoms with Crippen LogP contribution in [0.2, 0.25) is 5.02 Å². The van der Waals surface area contributed by atoms with Gasteiger partial charge in [0.15, 0.2) is 0 Å². The smallest absolute Gasteiger partial charge is 0.306 e. The number of halogens is 1. The van der Waals surface area contributed by atoms with Crippen LogP contribution in [0.15, 0.2) is 24.3 Å². The SMILES string of the molecule is CC(C)NCCCC(=O)OCc1ccccc1Cl. The van der Waals surface area contributed by atoms with Gasteiger partial charge in [0, 0.05) is 23.0 Å². The molecule has 0 spiro atoms. The first kappa shape index (κ1) is 15.0. The summed E-state index contributed by atoms with van der Waals surface area (Å²) in [6.07, 6.45) is 1.23. The van der Waals surface area contributed by atoms with Crippen molar-refractivity contribution in [2.24, 2.45) is 0 Å². The van der Waals surface area contributed by atoms with E-state index in [1.54, 1.807) is 6.07 Å². The van der Waals surface area contributed by atoms with E-state index >= 15 is 0 Å². The quantitative estimate of drug-likeness (QED) is 0.610. The Hall–Kier alpha value is -1.06. The second-order valence-electron chi connectivity index (χ2n) is 4.46. The Balaban J connectivity index is 2.19. The van der Waals surface area contributed by atoms with Gasteiger partial charge in [0.2, 0.25) is 0 Å². The Bertz CT molecular complexity index is 380. The van der Waals surface area contributed by atoms with E-state index in [9.17, 15) is 4.79 Å². The molecule has 1 N–H and O–H groups in total. The summed E-state index contributed by atoms with van der Waals surface area (Å²) in [6.45, 7) is 5.24. The number of carbonyl (C=O) groups is 1. The third-order valence-corrected chi connectivity index (χ3v) is 2.83. The maximum Gasteiger partial charge on any atom is 0.306 e. The molecule has 0 atom stereocenters. The van der Waals surface area contributed by atoms with Crippen molar-refractivity contribution in [2.75, 3.05) is 6.54 Å². The van der Waals surface area contributed by atoms with Crippen LogP contribution in [0.5, 0.6) is 0 Å². The normalized spacial score (nSPS) is 10.7. The van der Waals surface area contributed by atoms with Gasteiger partial charge in [-0.25, -0.2) is 0 Å². The number of ether oxygens (including phenoxy) is 1. The van der Waals surface area contributed by atoms with Gasteiger partial charge in [0.25, 0.3) is 0 Å². The van der Waals surface area contributed by atoms with E-state index in [1.807, 2.05) is 18.2 Å². The van der Waals surface area contributed by atoms with Crippen molar-refractivity contribution in [3.05, 3.63) is 34.9 Å². The maximum atomic E-state index is 11.5. The molecule has 0 aliphatic rings. The van der Waals surface area contributed by atoms with Gasteiger partial charge in [-0.05, 0) is 19.0 Å². The summed E-state index contributed by atoms with van der Waals surface area (Å²) in [5.74, 6) is -0.180. The number of esters is 1. The highest BCUT2D eigenvalue weighted by atomic mass is 35.5. The summed E-state index contributed by atoms with van der Waals surface area (Å²) >= 11 is 5.97. The Morgan fingerprint density at radius 2 is 2.11 bits per heavy atom. The lowest BCUT2D eigenvalue weighted by Gasteiger charge is -2.08. The average Bonchev–Trinajstić information content (AvgIpc) is 2.33. The van der Waals surface area contributed by atoms with E-state index in [0.29, 0.717) is 17.5 Å². The van der Waals surface area contributed by atoms with Gasteiger partial charge in [0.05, 0.1) is 0 Å². The molecule has 0 aromatic heterocycles. The van der Waals surface area contributed by atoms with Crippen molar-refractivity contribution in [1.29, 1.82) is 0 Å². The first-order valence-electron chi connectivity index (χ1n) is 6.22. The number of rotatable bonds is 7. The second-order valence-corrected chi connectivity index (χ2v) is 4.87. The molecule has 3 nitrogen and oxygen atoms in total. The van der Waals surface area contributed by atoms with Gasteiger partial charge in [-0.2, -0.15) is 0 Å². The summed E-state index contributed by atoms with van der Waals surface area (Å²) in [7, 11) is 0. The highest BCUT2D eigenvalue weighted by molar-refractivity contribution is 6.31. The summed E-state index contributed by atoms with van der Waals surface area (Å²) in [5.41, 5.74) is 0.841. The van der Waals surface area contributed by atoms with E-state index in [2.05, 4.69) is 19.2 Å². The van der Waals surface area contributed by atoms with Crippen LogP contribution in [0.4, 0.5) is 0 Å². The first-order valence-corrected chi connectivity index (χ1v) is 6.60. The minimum Gasteiger partial charge on any atom is -0.461 e. The lowest BCUT2D eigenvalue weighted by Crippen LogP contribution is -2.24. The fourth-order valence-electron chi connectivity index (χ4n) is 1.47. The van der Waals surface area contributed by atoms with Crippen LogP contribution in [0.3, 0.4) is 0 Å². The van der Waals surface area contributed by atoms with Crippen molar-refractivity contribution in [1.82, 2.24) is 5.32 Å². The van der Waals surface area contributed by atoms with Crippen molar-refractivity contribution in [3.63, 3.8) is 0 Å². The molecule has 100 valence electrons. The van der Waals surface area contributed by atoms with E-state index in [4.69, 9.17) is 16.3 Å². The zero-order valence-electron chi connectivity index (χ0n) is 10.9. The Labute approximate surface area is 113 Å². The standard InChI is InChI=1S/C14H20ClNO2/c1-11(2)16-9-5-8-14(17)18-10-12-6-3-4-7-13(12)15/h3-4,6-7,11,16H,5,8-10H2,1-2H3. The Morgan fingerprint density at radius 3 is 2.78 bits per heavy atom. The lowest BCUT2D eigenvalue weighted by molar-refractivity contribution is -0.145. The fourth-order valence-corrected chi connectivity index (χ4v) is 1.66. The van der Waals surface area contributed by atoms with Crippen LogP contribution in [-0.2, 0) is 16.1 Å². The molecule has 1 aromatic carbocycles. The predicted molar refractivity (Wildman–Crippen MR) is 73.6 cm³/mol. The highest BCUT2D eigenvalue weighted by Gasteiger charge is 2.05. The van der Waals surface area contributed by atoms with Crippen molar-refractivity contribution in [3.8, 4) is 0 Å². The lowest BCUT2D eigenvalue weighted by atomic mass is 10.2. The van der Waals surface area contributed by atoms with Crippen LogP contribution in [0.1, 0.15) is 32.3 Å². The number of hydrogen-bond acceptors (Lipinski definition) is 3. The van der Waals surface area contributed by atoms with Crippen LogP contribution < -0.4 is 5.32 Å². The minimum absolute atomic E-state index is 0.180. The zero-order valence-corrected chi connectivity index (χ0v) is 11.7. The van der Waals surface area contributed by atoms with Gasteiger partial charge in [0.1, 0.15) is 6.61 Å². The molecule has 0 heterocycles. The molecule has 0 bridgehead atoms. The van der Waals surface area contributed by atoms with Crippen molar-refractivity contribution >= 4 is 17.6 Å². The minimum atomic E-state index is -0.180. The molecule has 4 heteroatoms. The van der Waals surface area contributed by atoms with Crippen LogP contribution in [0, 0.1) is 0 Å². The van der Waals surface area contributed by atoms with Gasteiger partial charge in [-0.15, -0.1) is 0 Å². The van der Waals surface area contributed by atoms with E-state index in [0.717, 1.165) is 18.5 Å². The molecule has 18 heavy (non-hydrogen) atoms. The van der Waals surface area contributed by atoms with Crippen molar-refractivity contribution < 1.29 is 9.53 Å². The van der Waals surface area contributed by atoms with E-state index < -0.39 is 0 Å². The number of benzene rings is 1. The molecule has 0 aliphatic carbocycles. The second kappa shape index (κ2) is 8.11. The van der Waals surface area contributed by atoms with Crippen LogP contribution in [0.25, 0.3) is 0 Å². The third-order valence-electron chi connectivity index (χ3n) is 2.46. The molecule has 0 fully saturated rings. The summed E-state index contributed by atoms with van der Waals surface area (Å²) in [4.78, 5) is 11.5. The zero-order chi connectivity index (χ0) is 13.4. The molecular weight excluding hydrogens is 250 g/mol. The van der Waals surface area contributed by atoms with Gasteiger partial charge in [-0.1, -0.05) is 43.6 Å². The largest absolute Gasteiger partial charge is 0.461 e. The molecule has 0 saturated carbocycles. The monoisotopic (exact) mass is 269 g/mol. The molecule has 0 radical (unpaired) electrons. The molecule has 0 unspecified atom stereocenters. The maximum absolute atomic E-state index is 11.5. The van der Waals surface area contributed by atoms with E-state index in [1.165, 1.54) is 0 Å². The first-order chi connectivity index (χ1) is 8.59. The van der Waals surface area contributed by atoms with Gasteiger partial charge < -0.3 is 10.1 Å². The summed E-state index contributed by atoms with van der Waals surface area (Å²) < 4.78 is 5.16. The number of nitrogens with one attached hydrogen (secondary N) is 1. The molecule has 0 amide bonds. The third kappa shape index (κ3) is 6.03. The predicted octanol–water partition coefficient (Wildman–Crippen LogP) is 3.16. The summed E-state index contributed by atoms with van der Waals surface area (Å²) in [5, 5.41) is 3.89. The molecule has 0 aliphatic heterocycles. The topological polar surface area (TPSA) is 38.3 Å². The molecule has 1 rings (SSSR count).